The largest absolute Gasteiger partial charge is 0.464 e. The normalized spacial score (nSPS) is 17.5. The van der Waals surface area contributed by atoms with Gasteiger partial charge >= 0.3 is 5.97 Å². The van der Waals surface area contributed by atoms with Gasteiger partial charge in [-0.05, 0) is 37.2 Å². The van der Waals surface area contributed by atoms with Crippen molar-refractivity contribution < 1.29 is 14.3 Å². The van der Waals surface area contributed by atoms with E-state index in [-0.39, 0.29) is 11.9 Å². The summed E-state index contributed by atoms with van der Waals surface area (Å²) in [5.74, 6) is 0.384. The minimum absolute atomic E-state index is 0.0119. The van der Waals surface area contributed by atoms with Crippen molar-refractivity contribution in [2.75, 3.05) is 13.2 Å². The van der Waals surface area contributed by atoms with Gasteiger partial charge in [-0.3, -0.25) is 4.79 Å². The molecule has 126 valence electrons. The lowest BCUT2D eigenvalue weighted by Gasteiger charge is -2.23. The summed E-state index contributed by atoms with van der Waals surface area (Å²) in [4.78, 5) is 26.4. The van der Waals surface area contributed by atoms with Crippen molar-refractivity contribution in [3.63, 3.8) is 0 Å². The summed E-state index contributed by atoms with van der Waals surface area (Å²) < 4.78 is 5.37. The molecule has 0 N–H and O–H groups in total. The topological polar surface area (TPSA) is 46.6 Å². The highest BCUT2D eigenvalue weighted by molar-refractivity contribution is 5.86. The number of hydrogen-bond acceptors (Lipinski definition) is 3. The number of benzene rings is 1. The number of rotatable bonds is 7. The molecule has 1 aromatic carbocycles. The number of amides is 1. The summed E-state index contributed by atoms with van der Waals surface area (Å²) in [7, 11) is 0. The highest BCUT2D eigenvalue weighted by atomic mass is 16.5. The maximum Gasteiger partial charge on any atom is 0.328 e. The van der Waals surface area contributed by atoms with E-state index in [0.29, 0.717) is 31.9 Å². The lowest BCUT2D eigenvalue weighted by molar-refractivity contribution is -0.153. The molecule has 0 saturated carbocycles. The average molecular weight is 317 g/mol. The Kier molecular flexibility index (Phi) is 6.63. The van der Waals surface area contributed by atoms with Crippen LogP contribution in [0.25, 0.3) is 0 Å². The van der Waals surface area contributed by atoms with Crippen molar-refractivity contribution in [1.29, 1.82) is 0 Å². The van der Waals surface area contributed by atoms with Gasteiger partial charge in [0.25, 0.3) is 0 Å². The quantitative estimate of drug-likeness (QED) is 0.573. The van der Waals surface area contributed by atoms with Gasteiger partial charge in [0.1, 0.15) is 6.04 Å². The number of hydrogen-bond donors (Lipinski definition) is 0. The molecule has 1 heterocycles. The molecule has 0 bridgehead atoms. The molecule has 1 aromatic rings. The second-order valence-electron chi connectivity index (χ2n) is 6.61. The zero-order chi connectivity index (χ0) is 16.7. The maximum absolute atomic E-state index is 12.5. The minimum Gasteiger partial charge on any atom is -0.464 e. The van der Waals surface area contributed by atoms with E-state index < -0.39 is 6.04 Å². The first-order valence-electron chi connectivity index (χ1n) is 8.58. The van der Waals surface area contributed by atoms with Crippen molar-refractivity contribution in [2.24, 2.45) is 5.92 Å². The van der Waals surface area contributed by atoms with Crippen LogP contribution in [0.4, 0.5) is 0 Å². The zero-order valence-electron chi connectivity index (χ0n) is 14.2. The van der Waals surface area contributed by atoms with Crippen molar-refractivity contribution in [3.8, 4) is 0 Å². The maximum atomic E-state index is 12.5. The van der Waals surface area contributed by atoms with E-state index in [2.05, 4.69) is 13.8 Å². The van der Waals surface area contributed by atoms with Crippen molar-refractivity contribution in [3.05, 3.63) is 35.9 Å². The van der Waals surface area contributed by atoms with E-state index in [9.17, 15) is 9.59 Å². The predicted octanol–water partition coefficient (Wildman–Crippen LogP) is 3.20. The molecular weight excluding hydrogens is 290 g/mol. The number of carbonyl (C=O) groups excluding carboxylic acids is 2. The Hall–Kier alpha value is -1.84. The average Bonchev–Trinajstić information content (AvgIpc) is 3.02. The number of ether oxygens (including phenoxy) is 1. The smallest absolute Gasteiger partial charge is 0.328 e. The van der Waals surface area contributed by atoms with Gasteiger partial charge < -0.3 is 9.64 Å². The lowest BCUT2D eigenvalue weighted by Crippen LogP contribution is -2.42. The number of esters is 1. The van der Waals surface area contributed by atoms with Crippen LogP contribution in [0.15, 0.2) is 30.3 Å². The molecule has 4 nitrogen and oxygen atoms in total. The van der Waals surface area contributed by atoms with Crippen LogP contribution in [0.2, 0.25) is 0 Å². The summed E-state index contributed by atoms with van der Waals surface area (Å²) in [6, 6.07) is 9.26. The van der Waals surface area contributed by atoms with Gasteiger partial charge in [-0.25, -0.2) is 4.79 Å². The molecule has 2 rings (SSSR count). The molecule has 1 aliphatic rings. The Morgan fingerprint density at radius 2 is 2.00 bits per heavy atom. The number of carbonyl (C=O) groups is 2. The Bertz CT molecular complexity index is 513. The van der Waals surface area contributed by atoms with Gasteiger partial charge in [-0.15, -0.1) is 0 Å². The lowest BCUT2D eigenvalue weighted by atomic mass is 10.1. The molecule has 1 fully saturated rings. The summed E-state index contributed by atoms with van der Waals surface area (Å²) >= 11 is 0. The van der Waals surface area contributed by atoms with Gasteiger partial charge in [-0.2, -0.15) is 0 Å². The Balaban J connectivity index is 1.84. The molecule has 0 aromatic heterocycles. The van der Waals surface area contributed by atoms with Crippen LogP contribution in [-0.2, 0) is 20.7 Å². The van der Waals surface area contributed by atoms with Crippen LogP contribution in [0.3, 0.4) is 0 Å². The Labute approximate surface area is 138 Å². The molecule has 1 amide bonds. The second-order valence-corrected chi connectivity index (χ2v) is 6.61. The molecule has 1 unspecified atom stereocenters. The third kappa shape index (κ3) is 5.38. The number of likely N-dealkylation sites (tertiary alicyclic amines) is 1. The third-order valence-corrected chi connectivity index (χ3v) is 4.21. The molecule has 0 aliphatic carbocycles. The number of nitrogens with zero attached hydrogens (tertiary/aromatic N) is 1. The molecule has 1 aliphatic heterocycles. The van der Waals surface area contributed by atoms with Crippen molar-refractivity contribution in [2.45, 2.75) is 52.0 Å². The standard InChI is InChI=1S/C19H27NO3/c1-15(2)8-7-13-23-19(22)17-11-6-12-20(17)18(21)14-16-9-4-3-5-10-16/h3-5,9-10,15,17H,6-8,11-14H2,1-2H3. The summed E-state index contributed by atoms with van der Waals surface area (Å²) in [6.45, 7) is 5.41. The molecule has 4 heteroatoms. The van der Waals surface area contributed by atoms with Crippen LogP contribution in [0.1, 0.15) is 45.1 Å². The van der Waals surface area contributed by atoms with Crippen LogP contribution >= 0.6 is 0 Å². The summed E-state index contributed by atoms with van der Waals surface area (Å²) in [5, 5.41) is 0. The first-order chi connectivity index (χ1) is 11.1. The predicted molar refractivity (Wildman–Crippen MR) is 89.9 cm³/mol. The van der Waals surface area contributed by atoms with Crippen LogP contribution in [0.5, 0.6) is 0 Å². The summed E-state index contributed by atoms with van der Waals surface area (Å²) in [6.07, 6.45) is 3.86. The Morgan fingerprint density at radius 1 is 1.26 bits per heavy atom. The SMILES string of the molecule is CC(C)CCCOC(=O)C1CCCN1C(=O)Cc1ccccc1. The van der Waals surface area contributed by atoms with E-state index >= 15 is 0 Å². The van der Waals surface area contributed by atoms with Crippen LogP contribution < -0.4 is 0 Å². The molecule has 1 saturated heterocycles. The summed E-state index contributed by atoms with van der Waals surface area (Å²) in [5.41, 5.74) is 0.980. The highest BCUT2D eigenvalue weighted by Crippen LogP contribution is 2.20. The van der Waals surface area contributed by atoms with E-state index in [4.69, 9.17) is 4.74 Å². The van der Waals surface area contributed by atoms with Crippen molar-refractivity contribution in [1.82, 2.24) is 4.90 Å². The minimum atomic E-state index is -0.398. The van der Waals surface area contributed by atoms with Crippen LogP contribution in [0, 0.1) is 5.92 Å². The van der Waals surface area contributed by atoms with Gasteiger partial charge in [0.15, 0.2) is 0 Å². The first-order valence-corrected chi connectivity index (χ1v) is 8.58. The van der Waals surface area contributed by atoms with E-state index in [1.807, 2.05) is 30.3 Å². The fourth-order valence-electron chi connectivity index (χ4n) is 2.94. The fourth-order valence-corrected chi connectivity index (χ4v) is 2.94. The van der Waals surface area contributed by atoms with Gasteiger partial charge in [0, 0.05) is 6.54 Å². The van der Waals surface area contributed by atoms with Gasteiger partial charge in [0.2, 0.25) is 5.91 Å². The van der Waals surface area contributed by atoms with E-state index in [1.165, 1.54) is 0 Å². The Morgan fingerprint density at radius 3 is 2.70 bits per heavy atom. The molecule has 0 spiro atoms. The van der Waals surface area contributed by atoms with Crippen LogP contribution in [-0.4, -0.2) is 36.0 Å². The molecule has 1 atom stereocenters. The highest BCUT2D eigenvalue weighted by Gasteiger charge is 2.34. The first kappa shape index (κ1) is 17.5. The zero-order valence-corrected chi connectivity index (χ0v) is 14.2. The van der Waals surface area contributed by atoms with Gasteiger partial charge in [0.05, 0.1) is 13.0 Å². The third-order valence-electron chi connectivity index (χ3n) is 4.21. The molecular formula is C19H27NO3. The second kappa shape index (κ2) is 8.70. The molecule has 0 radical (unpaired) electrons. The van der Waals surface area contributed by atoms with Gasteiger partial charge in [-0.1, -0.05) is 44.2 Å². The fraction of sp³-hybridized carbons (Fsp3) is 0.579. The monoisotopic (exact) mass is 317 g/mol. The van der Waals surface area contributed by atoms with E-state index in [0.717, 1.165) is 24.8 Å². The molecule has 23 heavy (non-hydrogen) atoms. The van der Waals surface area contributed by atoms with E-state index in [1.54, 1.807) is 4.90 Å². The van der Waals surface area contributed by atoms with Crippen molar-refractivity contribution >= 4 is 11.9 Å².